The van der Waals surface area contributed by atoms with E-state index in [1.807, 2.05) is 13.2 Å². The van der Waals surface area contributed by atoms with Crippen molar-refractivity contribution in [3.63, 3.8) is 0 Å². The lowest BCUT2D eigenvalue weighted by atomic mass is 9.97. The molecule has 0 fully saturated rings. The molecule has 8 heteroatoms. The molecule has 0 saturated carbocycles. The van der Waals surface area contributed by atoms with Crippen LogP contribution in [0.1, 0.15) is 20.3 Å². The highest BCUT2D eigenvalue weighted by molar-refractivity contribution is 8.03. The van der Waals surface area contributed by atoms with Gasteiger partial charge in [-0.2, -0.15) is 0 Å². The van der Waals surface area contributed by atoms with Gasteiger partial charge in [-0.1, -0.05) is 41.8 Å². The molecule has 5 nitrogen and oxygen atoms in total. The van der Waals surface area contributed by atoms with Gasteiger partial charge in [-0.3, -0.25) is 4.79 Å². The van der Waals surface area contributed by atoms with Crippen LogP contribution in [0.25, 0.3) is 0 Å². The van der Waals surface area contributed by atoms with E-state index in [0.717, 1.165) is 8.68 Å². The third-order valence-corrected chi connectivity index (χ3v) is 5.22. The molecule has 1 rings (SSSR count). The number of nitrogens with zero attached hydrogens (tertiary/aromatic N) is 2. The van der Waals surface area contributed by atoms with E-state index < -0.39 is 11.4 Å². The quantitative estimate of drug-likeness (QED) is 0.768. The van der Waals surface area contributed by atoms with Gasteiger partial charge < -0.3 is 11.5 Å². The number of nitrogens with two attached hydrogens (primary N) is 2. The highest BCUT2D eigenvalue weighted by Crippen LogP contribution is 2.32. The van der Waals surface area contributed by atoms with Gasteiger partial charge in [0.05, 0.1) is 5.54 Å². The molecule has 2 unspecified atom stereocenters. The number of thioether (sulfide) groups is 2. The number of rotatable bonds is 6. The second kappa shape index (κ2) is 6.03. The van der Waals surface area contributed by atoms with Crippen LogP contribution in [0.2, 0.25) is 0 Å². The summed E-state index contributed by atoms with van der Waals surface area (Å²) < 4.78 is 1.83. The van der Waals surface area contributed by atoms with Crippen molar-refractivity contribution in [1.29, 1.82) is 0 Å². The zero-order valence-corrected chi connectivity index (χ0v) is 12.4. The highest BCUT2D eigenvalue weighted by Gasteiger charge is 2.28. The summed E-state index contributed by atoms with van der Waals surface area (Å²) in [5.41, 5.74) is 10.1. The molecule has 0 bridgehead atoms. The van der Waals surface area contributed by atoms with Crippen LogP contribution in [-0.2, 0) is 4.79 Å². The fourth-order valence-electron chi connectivity index (χ4n) is 1.24. The predicted octanol–water partition coefficient (Wildman–Crippen LogP) is 1.33. The molecule has 1 amide bonds. The highest BCUT2D eigenvalue weighted by atomic mass is 32.2. The number of hydrogen-bond donors (Lipinski definition) is 2. The number of hydrogen-bond acceptors (Lipinski definition) is 7. The van der Waals surface area contributed by atoms with E-state index in [1.165, 1.54) is 0 Å². The van der Waals surface area contributed by atoms with Crippen molar-refractivity contribution in [3.8, 4) is 0 Å². The van der Waals surface area contributed by atoms with Gasteiger partial charge in [-0.25, -0.2) is 0 Å². The minimum atomic E-state index is -0.973. The van der Waals surface area contributed by atoms with E-state index in [-0.39, 0.29) is 5.25 Å². The molecular formula is C9H16N4OS3. The third-order valence-electron chi connectivity index (χ3n) is 2.14. The molecule has 4 N–H and O–H groups in total. The van der Waals surface area contributed by atoms with Crippen molar-refractivity contribution in [2.75, 3.05) is 6.26 Å². The number of carbonyl (C=O) groups excluding carboxylic acids is 1. The molecule has 0 saturated heterocycles. The maximum Gasteiger partial charge on any atom is 0.237 e. The summed E-state index contributed by atoms with van der Waals surface area (Å²) >= 11 is 4.68. The Balaban J connectivity index is 2.55. The second-order valence-corrected chi connectivity index (χ2v) is 7.67. The number of carbonyl (C=O) groups is 1. The predicted molar refractivity (Wildman–Crippen MR) is 73.4 cm³/mol. The van der Waals surface area contributed by atoms with Crippen LogP contribution >= 0.6 is 34.9 Å². The van der Waals surface area contributed by atoms with Gasteiger partial charge in [-0.05, 0) is 19.6 Å². The molecule has 0 aliphatic carbocycles. The van der Waals surface area contributed by atoms with Gasteiger partial charge in [0.1, 0.15) is 0 Å². The molecule has 1 heterocycles. The average Bonchev–Trinajstić information content (AvgIpc) is 2.64. The largest absolute Gasteiger partial charge is 0.368 e. The van der Waals surface area contributed by atoms with Crippen LogP contribution in [0.15, 0.2) is 8.68 Å². The molecule has 0 spiro atoms. The van der Waals surface area contributed by atoms with Crippen molar-refractivity contribution in [2.45, 2.75) is 39.7 Å². The standard InChI is InChI=1S/C9H16N4OS3/c1-5(4-9(2,11)6(10)14)16-8-13-12-7(15-3)17-8/h5H,4,11H2,1-3H3,(H2,10,14). The van der Waals surface area contributed by atoms with Gasteiger partial charge in [0.15, 0.2) is 8.68 Å². The van der Waals surface area contributed by atoms with Gasteiger partial charge in [0.25, 0.3) is 0 Å². The van der Waals surface area contributed by atoms with Crippen LogP contribution in [0, 0.1) is 0 Å². The van der Waals surface area contributed by atoms with Crippen molar-refractivity contribution in [1.82, 2.24) is 10.2 Å². The Morgan fingerprint density at radius 3 is 2.59 bits per heavy atom. The Morgan fingerprint density at radius 1 is 1.53 bits per heavy atom. The number of primary amides is 1. The zero-order valence-electron chi connectivity index (χ0n) is 9.97. The molecule has 0 aliphatic rings. The zero-order chi connectivity index (χ0) is 13.1. The third kappa shape index (κ3) is 4.46. The van der Waals surface area contributed by atoms with Crippen LogP contribution in [0.5, 0.6) is 0 Å². The molecule has 96 valence electrons. The Labute approximate surface area is 113 Å². The van der Waals surface area contributed by atoms with E-state index in [1.54, 1.807) is 41.8 Å². The van der Waals surface area contributed by atoms with Crippen LogP contribution < -0.4 is 11.5 Å². The van der Waals surface area contributed by atoms with Crippen LogP contribution in [0.3, 0.4) is 0 Å². The Morgan fingerprint density at radius 2 is 2.12 bits per heavy atom. The Bertz CT molecular complexity index is 393. The molecule has 0 aliphatic heterocycles. The van der Waals surface area contributed by atoms with Crippen LogP contribution in [-0.4, -0.2) is 33.1 Å². The first-order chi connectivity index (χ1) is 7.85. The fourth-order valence-corrected chi connectivity index (χ4v) is 4.19. The molecular weight excluding hydrogens is 276 g/mol. The second-order valence-electron chi connectivity index (χ2n) is 3.95. The monoisotopic (exact) mass is 292 g/mol. The number of amides is 1. The lowest BCUT2D eigenvalue weighted by Crippen LogP contribution is -2.50. The topological polar surface area (TPSA) is 94.9 Å². The van der Waals surface area contributed by atoms with E-state index in [9.17, 15) is 4.79 Å². The minimum absolute atomic E-state index is 0.167. The van der Waals surface area contributed by atoms with Crippen molar-refractivity contribution in [2.24, 2.45) is 11.5 Å². The van der Waals surface area contributed by atoms with Gasteiger partial charge in [0, 0.05) is 5.25 Å². The minimum Gasteiger partial charge on any atom is -0.368 e. The summed E-state index contributed by atoms with van der Waals surface area (Å²) in [5, 5.41) is 8.23. The molecule has 0 radical (unpaired) electrons. The van der Waals surface area contributed by atoms with Gasteiger partial charge in [0.2, 0.25) is 5.91 Å². The molecule has 17 heavy (non-hydrogen) atoms. The summed E-state index contributed by atoms with van der Waals surface area (Å²) in [7, 11) is 0. The van der Waals surface area contributed by atoms with E-state index in [0.29, 0.717) is 6.42 Å². The van der Waals surface area contributed by atoms with Gasteiger partial charge in [-0.15, -0.1) is 10.2 Å². The Hall–Kier alpha value is -0.310. The average molecular weight is 292 g/mol. The Kier molecular flexibility index (Phi) is 5.23. The van der Waals surface area contributed by atoms with Gasteiger partial charge >= 0.3 is 0 Å². The SMILES string of the molecule is CSc1nnc(SC(C)CC(C)(N)C(N)=O)s1. The first-order valence-electron chi connectivity index (χ1n) is 4.98. The molecule has 2 atom stereocenters. The summed E-state index contributed by atoms with van der Waals surface area (Å²) in [5.74, 6) is -0.480. The number of aromatic nitrogens is 2. The van der Waals surface area contributed by atoms with Crippen molar-refractivity contribution >= 4 is 40.8 Å². The summed E-state index contributed by atoms with van der Waals surface area (Å²) in [6.07, 6.45) is 2.48. The van der Waals surface area contributed by atoms with Crippen LogP contribution in [0.4, 0.5) is 0 Å². The maximum absolute atomic E-state index is 11.1. The lowest BCUT2D eigenvalue weighted by molar-refractivity contribution is -0.122. The summed E-state index contributed by atoms with van der Waals surface area (Å²) in [6, 6.07) is 0. The smallest absolute Gasteiger partial charge is 0.237 e. The van der Waals surface area contributed by atoms with E-state index in [2.05, 4.69) is 10.2 Å². The van der Waals surface area contributed by atoms with Crippen molar-refractivity contribution < 1.29 is 4.79 Å². The maximum atomic E-state index is 11.1. The molecule has 1 aromatic rings. The molecule has 0 aromatic carbocycles. The molecule has 1 aromatic heterocycles. The van der Waals surface area contributed by atoms with E-state index >= 15 is 0 Å². The summed E-state index contributed by atoms with van der Waals surface area (Å²) in [4.78, 5) is 11.1. The normalized spacial score (nSPS) is 16.5. The van der Waals surface area contributed by atoms with Crippen molar-refractivity contribution in [3.05, 3.63) is 0 Å². The first kappa shape index (κ1) is 14.7. The summed E-state index contributed by atoms with van der Waals surface area (Å²) in [6.45, 7) is 3.65. The lowest BCUT2D eigenvalue weighted by Gasteiger charge is -2.23. The fraction of sp³-hybridized carbons (Fsp3) is 0.667. The first-order valence-corrected chi connectivity index (χ1v) is 7.90. The van der Waals surface area contributed by atoms with E-state index in [4.69, 9.17) is 11.5 Å².